The summed E-state index contributed by atoms with van der Waals surface area (Å²) in [6.07, 6.45) is 0. The van der Waals surface area contributed by atoms with Crippen LogP contribution in [0.1, 0.15) is 5.56 Å². The minimum absolute atomic E-state index is 0.378. The van der Waals surface area contributed by atoms with Crippen LogP contribution in [0.5, 0.6) is 0 Å². The molecular formula is C21H18Cl2N4O2. The van der Waals surface area contributed by atoms with Crippen LogP contribution in [0.25, 0.3) is 0 Å². The van der Waals surface area contributed by atoms with E-state index in [9.17, 15) is 9.59 Å². The molecule has 3 rings (SSSR count). The maximum absolute atomic E-state index is 12.2. The van der Waals surface area contributed by atoms with Crippen LogP contribution in [0.3, 0.4) is 0 Å². The van der Waals surface area contributed by atoms with E-state index in [0.29, 0.717) is 32.8 Å². The van der Waals surface area contributed by atoms with E-state index in [1.54, 1.807) is 66.7 Å². The number of carbonyl (C=O) groups excluding carboxylic acids is 2. The van der Waals surface area contributed by atoms with E-state index in [1.807, 2.05) is 6.92 Å². The Labute approximate surface area is 178 Å². The van der Waals surface area contributed by atoms with Crippen LogP contribution in [0, 0.1) is 6.92 Å². The molecule has 0 unspecified atom stereocenters. The van der Waals surface area contributed by atoms with Crippen molar-refractivity contribution in [1.82, 2.24) is 0 Å². The SMILES string of the molecule is Cc1cc(NC(=O)Nc2ccc(Cl)cc2)ccc1NC(=O)Nc1ccc(Cl)cc1. The van der Waals surface area contributed by atoms with E-state index in [-0.39, 0.29) is 12.1 Å². The third-order valence-electron chi connectivity index (χ3n) is 3.94. The first-order valence-corrected chi connectivity index (χ1v) is 9.42. The molecule has 0 bridgehead atoms. The quantitative estimate of drug-likeness (QED) is 0.377. The molecule has 3 aromatic rings. The lowest BCUT2D eigenvalue weighted by Gasteiger charge is -2.12. The van der Waals surface area contributed by atoms with Crippen LogP contribution in [0.2, 0.25) is 10.0 Å². The number of rotatable bonds is 4. The number of aryl methyl sites for hydroxylation is 1. The first-order chi connectivity index (χ1) is 13.9. The highest BCUT2D eigenvalue weighted by molar-refractivity contribution is 6.31. The molecule has 3 aromatic carbocycles. The molecule has 0 aliphatic carbocycles. The average molecular weight is 429 g/mol. The summed E-state index contributed by atoms with van der Waals surface area (Å²) in [7, 11) is 0. The van der Waals surface area contributed by atoms with Gasteiger partial charge in [0.2, 0.25) is 0 Å². The number of anilines is 4. The molecule has 0 saturated carbocycles. The molecule has 6 nitrogen and oxygen atoms in total. The fourth-order valence-corrected chi connectivity index (χ4v) is 2.78. The number of hydrogen-bond donors (Lipinski definition) is 4. The second-order valence-corrected chi connectivity index (χ2v) is 7.07. The Kier molecular flexibility index (Phi) is 6.59. The summed E-state index contributed by atoms with van der Waals surface area (Å²) in [5.74, 6) is 0. The van der Waals surface area contributed by atoms with Crippen LogP contribution >= 0.6 is 23.2 Å². The molecule has 29 heavy (non-hydrogen) atoms. The van der Waals surface area contributed by atoms with Crippen LogP contribution in [-0.4, -0.2) is 12.1 Å². The molecule has 0 radical (unpaired) electrons. The molecular weight excluding hydrogens is 411 g/mol. The summed E-state index contributed by atoms with van der Waals surface area (Å²) in [6.45, 7) is 1.83. The number of amides is 4. The van der Waals surface area contributed by atoms with Crippen molar-refractivity contribution in [3.8, 4) is 0 Å². The van der Waals surface area contributed by atoms with Crippen LogP contribution in [0.15, 0.2) is 66.7 Å². The largest absolute Gasteiger partial charge is 0.323 e. The number of benzene rings is 3. The molecule has 0 aliphatic heterocycles. The number of nitrogens with one attached hydrogen (secondary N) is 4. The number of carbonyl (C=O) groups is 2. The third kappa shape index (κ3) is 6.14. The van der Waals surface area contributed by atoms with Crippen molar-refractivity contribution >= 4 is 58.0 Å². The van der Waals surface area contributed by atoms with Gasteiger partial charge in [0.25, 0.3) is 0 Å². The molecule has 8 heteroatoms. The predicted molar refractivity (Wildman–Crippen MR) is 119 cm³/mol. The van der Waals surface area contributed by atoms with E-state index >= 15 is 0 Å². The normalized spacial score (nSPS) is 10.2. The van der Waals surface area contributed by atoms with Crippen molar-refractivity contribution in [2.24, 2.45) is 0 Å². The summed E-state index contributed by atoms with van der Waals surface area (Å²) >= 11 is 11.7. The van der Waals surface area contributed by atoms with Crippen molar-refractivity contribution in [2.45, 2.75) is 6.92 Å². The molecule has 0 aromatic heterocycles. The summed E-state index contributed by atoms with van der Waals surface area (Å²) in [5, 5.41) is 12.2. The smallest absolute Gasteiger partial charge is 0.308 e. The van der Waals surface area contributed by atoms with Crippen molar-refractivity contribution in [2.75, 3.05) is 21.3 Å². The van der Waals surface area contributed by atoms with E-state index in [0.717, 1.165) is 5.56 Å². The standard InChI is InChI=1S/C21H18Cl2N4O2/c1-13-12-18(26-20(28)24-16-6-2-14(22)3-7-16)10-11-19(13)27-21(29)25-17-8-4-15(23)5-9-17/h2-12H,1H3,(H2,24,26,28)(H2,25,27,29). The number of halogens is 2. The molecule has 0 atom stereocenters. The highest BCUT2D eigenvalue weighted by atomic mass is 35.5. The van der Waals surface area contributed by atoms with E-state index < -0.39 is 0 Å². The van der Waals surface area contributed by atoms with Gasteiger partial charge in [-0.2, -0.15) is 0 Å². The summed E-state index contributed by atoms with van der Waals surface area (Å²) < 4.78 is 0. The lowest BCUT2D eigenvalue weighted by Crippen LogP contribution is -2.21. The van der Waals surface area contributed by atoms with Crippen molar-refractivity contribution in [3.05, 3.63) is 82.3 Å². The number of urea groups is 2. The van der Waals surface area contributed by atoms with Gasteiger partial charge in [-0.25, -0.2) is 9.59 Å². The van der Waals surface area contributed by atoms with Crippen molar-refractivity contribution < 1.29 is 9.59 Å². The molecule has 0 fully saturated rings. The Balaban J connectivity index is 1.57. The average Bonchev–Trinajstić information content (AvgIpc) is 2.67. The zero-order valence-electron chi connectivity index (χ0n) is 15.4. The van der Waals surface area contributed by atoms with Gasteiger partial charge in [0.05, 0.1) is 0 Å². The highest BCUT2D eigenvalue weighted by Gasteiger charge is 2.08. The van der Waals surface area contributed by atoms with Crippen molar-refractivity contribution in [3.63, 3.8) is 0 Å². The molecule has 4 N–H and O–H groups in total. The van der Waals surface area contributed by atoms with Gasteiger partial charge >= 0.3 is 12.1 Å². The summed E-state index contributed by atoms with van der Waals surface area (Å²) in [4.78, 5) is 24.3. The lowest BCUT2D eigenvalue weighted by molar-refractivity contribution is 0.261. The fourth-order valence-electron chi connectivity index (χ4n) is 2.53. The monoisotopic (exact) mass is 428 g/mol. The molecule has 0 heterocycles. The Bertz CT molecular complexity index is 1020. The molecule has 148 valence electrons. The van der Waals surface area contributed by atoms with Crippen LogP contribution < -0.4 is 21.3 Å². The van der Waals surface area contributed by atoms with Gasteiger partial charge < -0.3 is 21.3 Å². The molecule has 4 amide bonds. The van der Waals surface area contributed by atoms with E-state index in [2.05, 4.69) is 21.3 Å². The maximum Gasteiger partial charge on any atom is 0.323 e. The molecule has 0 aliphatic rings. The van der Waals surface area contributed by atoms with Crippen LogP contribution in [0.4, 0.5) is 32.3 Å². The first kappa shape index (κ1) is 20.5. The fraction of sp³-hybridized carbons (Fsp3) is 0.0476. The van der Waals surface area contributed by atoms with Crippen molar-refractivity contribution in [1.29, 1.82) is 0 Å². The van der Waals surface area contributed by atoms with Gasteiger partial charge in [0.1, 0.15) is 0 Å². The lowest BCUT2D eigenvalue weighted by atomic mass is 10.2. The Morgan fingerprint density at radius 1 is 0.621 bits per heavy atom. The van der Waals surface area contributed by atoms with Crippen LogP contribution in [-0.2, 0) is 0 Å². The van der Waals surface area contributed by atoms with Gasteiger partial charge in [0, 0.05) is 32.8 Å². The second kappa shape index (κ2) is 9.32. The molecule has 0 saturated heterocycles. The third-order valence-corrected chi connectivity index (χ3v) is 4.44. The van der Waals surface area contributed by atoms with Gasteiger partial charge in [-0.05, 0) is 79.2 Å². The summed E-state index contributed by atoms with van der Waals surface area (Å²) in [5.41, 5.74) is 3.26. The first-order valence-electron chi connectivity index (χ1n) is 8.67. The minimum atomic E-state index is -0.382. The zero-order chi connectivity index (χ0) is 20.8. The zero-order valence-corrected chi connectivity index (χ0v) is 16.9. The predicted octanol–water partition coefficient (Wildman–Crippen LogP) is 6.59. The van der Waals surface area contributed by atoms with Gasteiger partial charge in [-0.1, -0.05) is 23.2 Å². The molecule has 0 spiro atoms. The van der Waals surface area contributed by atoms with E-state index in [4.69, 9.17) is 23.2 Å². The topological polar surface area (TPSA) is 82.3 Å². The Morgan fingerprint density at radius 3 is 1.52 bits per heavy atom. The van der Waals surface area contributed by atoms with Gasteiger partial charge in [-0.3, -0.25) is 0 Å². The number of hydrogen-bond acceptors (Lipinski definition) is 2. The Morgan fingerprint density at radius 2 is 1.03 bits per heavy atom. The second-order valence-electron chi connectivity index (χ2n) is 6.20. The Hall–Kier alpha value is -3.22. The summed E-state index contributed by atoms with van der Waals surface area (Å²) in [6, 6.07) is 18.0. The highest BCUT2D eigenvalue weighted by Crippen LogP contribution is 2.21. The van der Waals surface area contributed by atoms with E-state index in [1.165, 1.54) is 0 Å². The maximum atomic E-state index is 12.2. The van der Waals surface area contributed by atoms with Gasteiger partial charge in [-0.15, -0.1) is 0 Å². The minimum Gasteiger partial charge on any atom is -0.308 e. The van der Waals surface area contributed by atoms with Gasteiger partial charge in [0.15, 0.2) is 0 Å².